The summed E-state index contributed by atoms with van der Waals surface area (Å²) in [6.07, 6.45) is 1.02. The quantitative estimate of drug-likeness (QED) is 0.482. The minimum absolute atomic E-state index is 0.0714. The highest BCUT2D eigenvalue weighted by Gasteiger charge is 2.66. The number of aliphatic hydroxyl groups is 2. The van der Waals surface area contributed by atoms with Crippen LogP contribution in [0.4, 0.5) is 0 Å². The molecule has 2 saturated carbocycles. The number of ether oxygens (including phenoxy) is 3. The molecule has 7 nitrogen and oxygen atoms in total. The summed E-state index contributed by atoms with van der Waals surface area (Å²) in [6, 6.07) is 0. The van der Waals surface area contributed by atoms with Gasteiger partial charge < -0.3 is 28.8 Å². The topological polar surface area (TPSA) is 94.5 Å². The Hall–Kier alpha value is -0.513. The van der Waals surface area contributed by atoms with Gasteiger partial charge in [-0.2, -0.15) is 0 Å². The lowest BCUT2D eigenvalue weighted by Gasteiger charge is -2.46. The monoisotopic (exact) mass is 458 g/mol. The Morgan fingerprint density at radius 2 is 1.65 bits per heavy atom. The molecule has 3 fully saturated rings. The van der Waals surface area contributed by atoms with Gasteiger partial charge in [0.2, 0.25) is 0 Å². The Bertz CT molecular complexity index is 665. The Labute approximate surface area is 187 Å². The largest absolute Gasteiger partial charge is 0.469 e. The van der Waals surface area contributed by atoms with E-state index in [1.165, 1.54) is 7.11 Å². The fourth-order valence-electron chi connectivity index (χ4n) is 5.35. The van der Waals surface area contributed by atoms with Crippen molar-refractivity contribution in [3.05, 3.63) is 0 Å². The zero-order valence-electron chi connectivity index (χ0n) is 20.4. The number of rotatable bonds is 5. The number of hydrogen-bond donors (Lipinski definition) is 2. The molecule has 0 amide bonds. The van der Waals surface area contributed by atoms with E-state index >= 15 is 0 Å². The highest BCUT2D eigenvalue weighted by atomic mass is 28.4. The molecule has 0 bridgehead atoms. The molecule has 2 aliphatic carbocycles. The molecule has 1 heterocycles. The van der Waals surface area contributed by atoms with E-state index < -0.39 is 61.9 Å². The van der Waals surface area contributed by atoms with Crippen LogP contribution in [0.1, 0.15) is 66.7 Å². The van der Waals surface area contributed by atoms with Crippen LogP contribution in [0.3, 0.4) is 0 Å². The number of carbonyl (C=O) groups is 1. The van der Waals surface area contributed by atoms with Gasteiger partial charge in [0.1, 0.15) is 12.2 Å². The Morgan fingerprint density at radius 3 is 2.16 bits per heavy atom. The van der Waals surface area contributed by atoms with Gasteiger partial charge in [0, 0.05) is 5.92 Å². The molecule has 31 heavy (non-hydrogen) atoms. The standard InChI is InChI=1S/C23H42O7Si/c1-21(2,3)31(7,8)30-17-14(16(24)18-19(17)29-22(4,5)28-18)15(20(25)27-6)23(26)12-10-9-11-13-23/h14-19,24,26H,9-13H2,1-8H3/t14-,15+,16-,17+,18+,19-/m0/s1. The molecule has 3 rings (SSSR count). The molecule has 0 spiro atoms. The van der Waals surface area contributed by atoms with Crippen LogP contribution in [0, 0.1) is 11.8 Å². The number of esters is 1. The first-order valence-electron chi connectivity index (χ1n) is 11.7. The molecular formula is C23H42O7Si. The zero-order chi connectivity index (χ0) is 23.4. The second-order valence-electron chi connectivity index (χ2n) is 11.6. The first-order chi connectivity index (χ1) is 14.1. The van der Waals surface area contributed by atoms with Crippen molar-refractivity contribution in [1.29, 1.82) is 0 Å². The number of fused-ring (bicyclic) bond motifs is 1. The van der Waals surface area contributed by atoms with Crippen LogP contribution in [0.5, 0.6) is 0 Å². The predicted molar refractivity (Wildman–Crippen MR) is 119 cm³/mol. The molecule has 0 aromatic heterocycles. The Balaban J connectivity index is 2.04. The van der Waals surface area contributed by atoms with Gasteiger partial charge in [0.05, 0.1) is 30.8 Å². The lowest BCUT2D eigenvalue weighted by atomic mass is 9.68. The third-order valence-corrected chi connectivity index (χ3v) is 12.4. The normalized spacial score (nSPS) is 36.1. The number of aliphatic hydroxyl groups excluding tert-OH is 1. The molecule has 3 aliphatic rings. The van der Waals surface area contributed by atoms with Crippen LogP contribution in [-0.2, 0) is 23.4 Å². The van der Waals surface area contributed by atoms with E-state index in [-0.39, 0.29) is 5.04 Å². The van der Waals surface area contributed by atoms with Gasteiger partial charge in [-0.1, -0.05) is 40.0 Å². The summed E-state index contributed by atoms with van der Waals surface area (Å²) in [5, 5.41) is 23.0. The Morgan fingerprint density at radius 1 is 1.10 bits per heavy atom. The summed E-state index contributed by atoms with van der Waals surface area (Å²) in [6.45, 7) is 14.4. The van der Waals surface area contributed by atoms with Gasteiger partial charge in [0.25, 0.3) is 0 Å². The first kappa shape index (κ1) is 25.1. The Kier molecular flexibility index (Phi) is 6.78. The van der Waals surface area contributed by atoms with Gasteiger partial charge in [-0.3, -0.25) is 4.79 Å². The van der Waals surface area contributed by atoms with Crippen LogP contribution in [-0.4, -0.2) is 67.4 Å². The van der Waals surface area contributed by atoms with Crippen molar-refractivity contribution < 1.29 is 33.6 Å². The predicted octanol–water partition coefficient (Wildman–Crippen LogP) is 3.37. The maximum Gasteiger partial charge on any atom is 0.312 e. The second kappa shape index (κ2) is 8.36. The highest BCUT2D eigenvalue weighted by molar-refractivity contribution is 6.74. The van der Waals surface area contributed by atoms with Crippen molar-refractivity contribution >= 4 is 14.3 Å². The second-order valence-corrected chi connectivity index (χ2v) is 16.4. The molecule has 0 radical (unpaired) electrons. The lowest BCUT2D eigenvalue weighted by Crippen LogP contribution is -2.56. The zero-order valence-corrected chi connectivity index (χ0v) is 21.4. The van der Waals surface area contributed by atoms with Crippen LogP contribution < -0.4 is 0 Å². The molecule has 6 atom stereocenters. The molecule has 1 saturated heterocycles. The summed E-state index contributed by atoms with van der Waals surface area (Å²) in [5.74, 6) is -2.92. The van der Waals surface area contributed by atoms with Crippen molar-refractivity contribution in [3.8, 4) is 0 Å². The molecule has 0 aromatic carbocycles. The number of hydrogen-bond acceptors (Lipinski definition) is 7. The van der Waals surface area contributed by atoms with E-state index in [4.69, 9.17) is 18.6 Å². The average molecular weight is 459 g/mol. The number of methoxy groups -OCH3 is 1. The molecule has 1 aliphatic heterocycles. The fourth-order valence-corrected chi connectivity index (χ4v) is 6.68. The van der Waals surface area contributed by atoms with Gasteiger partial charge in [-0.25, -0.2) is 0 Å². The molecule has 8 heteroatoms. The molecular weight excluding hydrogens is 416 g/mol. The summed E-state index contributed by atoms with van der Waals surface area (Å²) >= 11 is 0. The molecule has 180 valence electrons. The smallest absolute Gasteiger partial charge is 0.312 e. The van der Waals surface area contributed by atoms with Crippen molar-refractivity contribution in [2.75, 3.05) is 7.11 Å². The van der Waals surface area contributed by atoms with E-state index in [2.05, 4.69) is 33.9 Å². The highest BCUT2D eigenvalue weighted by Crippen LogP contribution is 2.52. The minimum atomic E-state index is -2.29. The van der Waals surface area contributed by atoms with E-state index in [1.54, 1.807) is 0 Å². The average Bonchev–Trinajstić information content (AvgIpc) is 3.08. The van der Waals surface area contributed by atoms with Gasteiger partial charge in [-0.05, 0) is 44.8 Å². The molecule has 0 aromatic rings. The maximum absolute atomic E-state index is 13.1. The molecule has 2 N–H and O–H groups in total. The van der Waals surface area contributed by atoms with Crippen molar-refractivity contribution in [2.24, 2.45) is 11.8 Å². The van der Waals surface area contributed by atoms with Crippen molar-refractivity contribution in [1.82, 2.24) is 0 Å². The van der Waals surface area contributed by atoms with Crippen LogP contribution in [0.15, 0.2) is 0 Å². The van der Waals surface area contributed by atoms with E-state index in [9.17, 15) is 15.0 Å². The first-order valence-corrected chi connectivity index (χ1v) is 14.6. The van der Waals surface area contributed by atoms with Crippen molar-refractivity contribution in [3.63, 3.8) is 0 Å². The molecule has 0 unspecified atom stereocenters. The third kappa shape index (κ3) is 4.61. The van der Waals surface area contributed by atoms with Gasteiger partial charge in [0.15, 0.2) is 14.1 Å². The van der Waals surface area contributed by atoms with Crippen molar-refractivity contribution in [2.45, 2.75) is 121 Å². The van der Waals surface area contributed by atoms with Crippen LogP contribution >= 0.6 is 0 Å². The van der Waals surface area contributed by atoms with Crippen LogP contribution in [0.25, 0.3) is 0 Å². The van der Waals surface area contributed by atoms with E-state index in [0.717, 1.165) is 19.3 Å². The third-order valence-electron chi connectivity index (χ3n) is 7.97. The minimum Gasteiger partial charge on any atom is -0.469 e. The van der Waals surface area contributed by atoms with Gasteiger partial charge >= 0.3 is 5.97 Å². The van der Waals surface area contributed by atoms with E-state index in [1.807, 2.05) is 13.8 Å². The van der Waals surface area contributed by atoms with Crippen LogP contribution in [0.2, 0.25) is 18.1 Å². The summed E-state index contributed by atoms with van der Waals surface area (Å²) in [5.41, 5.74) is -1.24. The maximum atomic E-state index is 13.1. The number of carbonyl (C=O) groups excluding carboxylic acids is 1. The summed E-state index contributed by atoms with van der Waals surface area (Å²) in [4.78, 5) is 13.1. The summed E-state index contributed by atoms with van der Waals surface area (Å²) in [7, 11) is -0.956. The van der Waals surface area contributed by atoms with E-state index in [0.29, 0.717) is 12.8 Å². The summed E-state index contributed by atoms with van der Waals surface area (Å²) < 4.78 is 24.3. The lowest BCUT2D eigenvalue weighted by molar-refractivity contribution is -0.199. The van der Waals surface area contributed by atoms with Gasteiger partial charge in [-0.15, -0.1) is 0 Å². The fraction of sp³-hybridized carbons (Fsp3) is 0.957. The SMILES string of the molecule is COC(=O)[C@@H]([C@H]1[C@H](O)[C@H]2OC(C)(C)O[C@H]2[C@@H]1O[Si](C)(C)C(C)(C)C)C1(O)CCCCC1.